The van der Waals surface area contributed by atoms with E-state index in [9.17, 15) is 14.7 Å². The molecule has 11 heteroatoms. The van der Waals surface area contributed by atoms with Crippen LogP contribution in [-0.2, 0) is 14.0 Å². The number of unbranched alkanes of at least 4 members (excludes halogenated alkanes) is 1. The molecule has 4 rings (SSSR count). The van der Waals surface area contributed by atoms with E-state index in [0.29, 0.717) is 49.6 Å². The number of carboxylic acids is 1. The predicted octanol–water partition coefficient (Wildman–Crippen LogP) is 3.08. The Bertz CT molecular complexity index is 1500. The second-order valence-electron chi connectivity index (χ2n) is 13.2. The van der Waals surface area contributed by atoms with Crippen molar-refractivity contribution in [1.29, 1.82) is 0 Å². The minimum absolute atomic E-state index is 0.0221. The first kappa shape index (κ1) is 37.4. The number of fused-ring (bicyclic) bond motifs is 1. The van der Waals surface area contributed by atoms with Crippen molar-refractivity contribution in [2.24, 2.45) is 15.9 Å². The molecule has 1 amide bonds. The first-order valence-electron chi connectivity index (χ1n) is 16.5. The van der Waals surface area contributed by atoms with E-state index < -0.39 is 36.2 Å². The fourth-order valence-corrected chi connectivity index (χ4v) is 9.81. The molecule has 0 bridgehead atoms. The number of allylic oxidation sites excluding steroid dienone is 2. The molecule has 2 aliphatic heterocycles. The van der Waals surface area contributed by atoms with Gasteiger partial charge in [-0.2, -0.15) is 0 Å². The molecular formula is C37H52IN4O6-. The summed E-state index contributed by atoms with van der Waals surface area (Å²) in [6, 6.07) is 11.7. The fraction of sp³-hybridized carbons (Fsp3) is 0.514. The van der Waals surface area contributed by atoms with E-state index in [2.05, 4.69) is 61.5 Å². The Morgan fingerprint density at radius 1 is 1.19 bits per heavy atom. The summed E-state index contributed by atoms with van der Waals surface area (Å²) in [7, 11) is 1.56. The third kappa shape index (κ3) is 9.58. The number of aliphatic imine (C=N–C) groups is 2. The average molecular weight is 776 g/mol. The molecule has 0 radical (unpaired) electrons. The van der Waals surface area contributed by atoms with Crippen LogP contribution in [0.5, 0.6) is 17.2 Å². The Balaban J connectivity index is 1.67. The normalized spacial score (nSPS) is 19.9. The van der Waals surface area contributed by atoms with Crippen LogP contribution in [0, 0.1) is 5.92 Å². The Kier molecular flexibility index (Phi) is 13.5. The number of ether oxygens (including phenoxy) is 3. The zero-order chi connectivity index (χ0) is 34.8. The third-order valence-electron chi connectivity index (χ3n) is 8.87. The van der Waals surface area contributed by atoms with Gasteiger partial charge in [0.25, 0.3) is 0 Å². The minimum atomic E-state index is -1.80. The number of amides is 1. The molecule has 0 aromatic heterocycles. The van der Waals surface area contributed by atoms with Gasteiger partial charge in [-0.05, 0) is 13.6 Å². The molecule has 0 unspecified atom stereocenters. The summed E-state index contributed by atoms with van der Waals surface area (Å²) in [5, 5.41) is 10.7. The van der Waals surface area contributed by atoms with Crippen molar-refractivity contribution in [1.82, 2.24) is 4.90 Å². The summed E-state index contributed by atoms with van der Waals surface area (Å²) in [5.74, 6) is -0.487. The number of likely N-dealkylation sites (tertiary alicyclic amines) is 1. The summed E-state index contributed by atoms with van der Waals surface area (Å²) in [6.45, 7) is 8.72. The number of carbonyl (C=O) groups is 2. The third-order valence-corrected chi connectivity index (χ3v) is 12.0. The van der Waals surface area contributed by atoms with E-state index >= 15 is 0 Å². The second-order valence-corrected chi connectivity index (χ2v) is 25.0. The Morgan fingerprint density at radius 2 is 1.98 bits per heavy atom. The number of anilines is 1. The van der Waals surface area contributed by atoms with Gasteiger partial charge in [-0.1, -0.05) is 6.08 Å². The molecule has 2 heterocycles. The molecule has 0 spiro atoms. The van der Waals surface area contributed by atoms with Crippen molar-refractivity contribution < 1.29 is 47.3 Å². The number of carbonyl (C=O) groups excluding carboxylic acids is 1. The number of hydrogen-bond acceptors (Lipinski definition) is 7. The number of halogens is 1. The van der Waals surface area contributed by atoms with Crippen LogP contribution < -0.4 is 37.5 Å². The number of nitrogens with zero attached hydrogens (tertiary/aromatic N) is 4. The number of benzene rings is 2. The molecular weight excluding hydrogens is 723 g/mol. The fourth-order valence-electron chi connectivity index (χ4n) is 6.69. The molecule has 1 saturated heterocycles. The van der Waals surface area contributed by atoms with Crippen molar-refractivity contribution in [2.75, 3.05) is 53.2 Å². The van der Waals surface area contributed by atoms with E-state index in [1.165, 1.54) is 11.9 Å². The average Bonchev–Trinajstić information content (AvgIpc) is 3.66. The summed E-state index contributed by atoms with van der Waals surface area (Å²) in [4.78, 5) is 46.6. The van der Waals surface area contributed by atoms with Gasteiger partial charge in [0.05, 0.1) is 7.11 Å². The van der Waals surface area contributed by atoms with Gasteiger partial charge >= 0.3 is 204 Å². The van der Waals surface area contributed by atoms with Gasteiger partial charge in [0.2, 0.25) is 12.5 Å². The molecule has 1 N–H and O–H groups in total. The van der Waals surface area contributed by atoms with Crippen LogP contribution in [0.1, 0.15) is 63.0 Å². The second kappa shape index (κ2) is 17.3. The maximum absolute atomic E-state index is 14.3. The molecule has 10 nitrogen and oxygen atoms in total. The molecule has 1 fully saturated rings. The van der Waals surface area contributed by atoms with Crippen LogP contribution in [0.4, 0.5) is 5.69 Å². The molecule has 0 saturated carbocycles. The van der Waals surface area contributed by atoms with E-state index in [0.717, 1.165) is 34.2 Å². The van der Waals surface area contributed by atoms with Crippen LogP contribution in [0.2, 0.25) is 0 Å². The number of hydrogen-bond donors (Lipinski definition) is 1. The Labute approximate surface area is 289 Å². The SMILES string of the molecule is C=NC=N/C(=C\C)CCC[C@H]1[C@H](C(=O)O)[C@@H](c2cc(OC)c3c(c2)OCO3)CN1CC(=O)N(CCCC)c1cccc(C[I-](C)(C)C)c1. The summed E-state index contributed by atoms with van der Waals surface area (Å²) in [6.07, 6.45) is 7.12. The Hall–Kier alpha value is -3.45. The van der Waals surface area contributed by atoms with Crippen LogP contribution in [-0.4, -0.2) is 89.3 Å². The molecule has 3 atom stereocenters. The number of rotatable bonds is 17. The van der Waals surface area contributed by atoms with Gasteiger partial charge in [-0.3, -0.25) is 4.99 Å². The van der Waals surface area contributed by atoms with Crippen molar-refractivity contribution >= 4 is 30.6 Å². The van der Waals surface area contributed by atoms with Crippen molar-refractivity contribution in [2.45, 2.75) is 62.3 Å². The summed E-state index contributed by atoms with van der Waals surface area (Å²) < 4.78 is 18.0. The summed E-state index contributed by atoms with van der Waals surface area (Å²) in [5.41, 5.74) is 3.83. The van der Waals surface area contributed by atoms with Crippen molar-refractivity contribution in [3.05, 3.63) is 59.3 Å². The first-order chi connectivity index (χ1) is 23.0. The summed E-state index contributed by atoms with van der Waals surface area (Å²) >= 11 is -1.80. The number of alkyl halides is 4. The standard InChI is InChI=1S/C37H52IN4O6/c1-8-10-17-42(29-15-11-13-26(18-29)21-38(3,4)5)34(43)23-41-22-30(27-19-32(46-7)36-33(20-27)47-25-48-36)35(37(44)45)31(41)16-12-14-28(9-2)40-24-39-6/h9,11,13,15,18-20,24,30-31,35H,6,8,10,12,14,16-17,21-23,25H2,1-5,7H3,(H,44,45)/q-1/b28-9-,40-24?/t30-,31+,35-/m1/s1. The van der Waals surface area contributed by atoms with Gasteiger partial charge in [-0.15, -0.1) is 0 Å². The topological polar surface area (TPSA) is 113 Å². The molecule has 0 aliphatic carbocycles. The van der Waals surface area contributed by atoms with Crippen LogP contribution in [0.15, 0.2) is 58.2 Å². The monoisotopic (exact) mass is 775 g/mol. The van der Waals surface area contributed by atoms with Gasteiger partial charge in [-0.25, -0.2) is 4.99 Å². The van der Waals surface area contributed by atoms with Crippen LogP contribution in [0.25, 0.3) is 0 Å². The van der Waals surface area contributed by atoms with Gasteiger partial charge in [0, 0.05) is 5.70 Å². The van der Waals surface area contributed by atoms with Crippen LogP contribution in [0.3, 0.4) is 0 Å². The molecule has 2 aromatic rings. The maximum atomic E-state index is 14.3. The number of carboxylic acid groups (broad SMARTS) is 1. The Morgan fingerprint density at radius 3 is 2.65 bits per heavy atom. The number of aliphatic carboxylic acids is 1. The van der Waals surface area contributed by atoms with Gasteiger partial charge in [0.15, 0.2) is 11.5 Å². The molecule has 2 aromatic carbocycles. The van der Waals surface area contributed by atoms with Crippen molar-refractivity contribution in [3.63, 3.8) is 0 Å². The van der Waals surface area contributed by atoms with Gasteiger partial charge < -0.3 is 14.2 Å². The van der Waals surface area contributed by atoms with E-state index in [4.69, 9.17) is 14.2 Å². The zero-order valence-electron chi connectivity index (χ0n) is 29.3. The van der Waals surface area contributed by atoms with E-state index in [-0.39, 0.29) is 25.3 Å². The number of methoxy groups -OCH3 is 1. The van der Waals surface area contributed by atoms with Crippen molar-refractivity contribution in [3.8, 4) is 17.2 Å². The van der Waals surface area contributed by atoms with E-state index in [1.54, 1.807) is 7.11 Å². The first-order valence-corrected chi connectivity index (χ1v) is 24.5. The quantitative estimate of drug-likeness (QED) is 0.114. The predicted molar refractivity (Wildman–Crippen MR) is 189 cm³/mol. The van der Waals surface area contributed by atoms with Gasteiger partial charge in [0.1, 0.15) is 6.34 Å². The van der Waals surface area contributed by atoms with Crippen LogP contribution >= 0.6 is 0 Å². The molecule has 48 heavy (non-hydrogen) atoms. The molecule has 2 aliphatic rings. The van der Waals surface area contributed by atoms with E-state index in [1.807, 2.05) is 36.1 Å². The zero-order valence-corrected chi connectivity index (χ0v) is 31.4. The molecule has 264 valence electrons.